The van der Waals surface area contributed by atoms with E-state index in [9.17, 15) is 9.59 Å². The van der Waals surface area contributed by atoms with Crippen LogP contribution in [-0.4, -0.2) is 32.6 Å². The molecule has 2 aromatic carbocycles. The zero-order valence-electron chi connectivity index (χ0n) is 14.3. The second-order valence-electron chi connectivity index (χ2n) is 5.26. The molecule has 0 aliphatic heterocycles. The van der Waals surface area contributed by atoms with Gasteiger partial charge in [-0.25, -0.2) is 0 Å². The van der Waals surface area contributed by atoms with E-state index in [1.165, 1.54) is 14.2 Å². The average Bonchev–Trinajstić information content (AvgIpc) is 2.63. The first kappa shape index (κ1) is 19.9. The minimum atomic E-state index is -0.796. The summed E-state index contributed by atoms with van der Waals surface area (Å²) in [5.41, 5.74) is 1.20. The van der Waals surface area contributed by atoms with Crippen molar-refractivity contribution in [3.8, 4) is 11.5 Å². The highest BCUT2D eigenvalue weighted by atomic mass is 35.5. The summed E-state index contributed by atoms with van der Waals surface area (Å²) in [6, 6.07) is 9.97. The molecule has 0 heterocycles. The molecule has 0 saturated carbocycles. The number of amides is 2. The Hall–Kier alpha value is -2.44. The SMILES string of the molecule is COc1ccc(NC(=O)C(=O)NCCc2ccc(Cl)cc2Cl)c(OC)c1. The van der Waals surface area contributed by atoms with Crippen LogP contribution in [0.15, 0.2) is 36.4 Å². The summed E-state index contributed by atoms with van der Waals surface area (Å²) in [5.74, 6) is -0.591. The standard InChI is InChI=1S/C18H18Cl2N2O4/c1-25-13-5-6-15(16(10-13)26-2)22-18(24)17(23)21-8-7-11-3-4-12(19)9-14(11)20/h3-6,9-10H,7-8H2,1-2H3,(H,21,23)(H,22,24). The maximum Gasteiger partial charge on any atom is 0.313 e. The molecule has 2 amide bonds. The summed E-state index contributed by atoms with van der Waals surface area (Å²) in [6.07, 6.45) is 0.473. The molecule has 0 unspecified atom stereocenters. The van der Waals surface area contributed by atoms with Gasteiger partial charge in [-0.15, -0.1) is 0 Å². The second kappa shape index (κ2) is 9.31. The molecular formula is C18H18Cl2N2O4. The number of benzene rings is 2. The molecule has 0 aliphatic carbocycles. The molecule has 0 spiro atoms. The van der Waals surface area contributed by atoms with Gasteiger partial charge in [-0.2, -0.15) is 0 Å². The molecule has 6 nitrogen and oxygen atoms in total. The molecule has 0 bridgehead atoms. The van der Waals surface area contributed by atoms with Crippen LogP contribution in [0.3, 0.4) is 0 Å². The van der Waals surface area contributed by atoms with E-state index in [4.69, 9.17) is 32.7 Å². The minimum Gasteiger partial charge on any atom is -0.497 e. The summed E-state index contributed by atoms with van der Waals surface area (Å²) >= 11 is 11.9. The Morgan fingerprint density at radius 1 is 1.00 bits per heavy atom. The highest BCUT2D eigenvalue weighted by Crippen LogP contribution is 2.28. The summed E-state index contributed by atoms with van der Waals surface area (Å²) in [5, 5.41) is 6.10. The third-order valence-electron chi connectivity index (χ3n) is 3.56. The number of anilines is 1. The molecule has 8 heteroatoms. The van der Waals surface area contributed by atoms with Crippen LogP contribution in [0.1, 0.15) is 5.56 Å². The summed E-state index contributed by atoms with van der Waals surface area (Å²) in [6.45, 7) is 0.257. The molecule has 2 rings (SSSR count). The summed E-state index contributed by atoms with van der Waals surface area (Å²) in [4.78, 5) is 24.0. The predicted molar refractivity (Wildman–Crippen MR) is 101 cm³/mol. The molecule has 2 aromatic rings. The zero-order chi connectivity index (χ0) is 19.1. The maximum absolute atomic E-state index is 12.0. The van der Waals surface area contributed by atoms with Gasteiger partial charge in [-0.05, 0) is 36.2 Å². The number of nitrogens with one attached hydrogen (secondary N) is 2. The number of hydrogen-bond acceptors (Lipinski definition) is 4. The van der Waals surface area contributed by atoms with Gasteiger partial charge in [0.15, 0.2) is 0 Å². The lowest BCUT2D eigenvalue weighted by Crippen LogP contribution is -2.36. The van der Waals surface area contributed by atoms with Crippen molar-refractivity contribution in [3.05, 3.63) is 52.0 Å². The van der Waals surface area contributed by atoms with E-state index < -0.39 is 11.8 Å². The van der Waals surface area contributed by atoms with Gasteiger partial charge >= 0.3 is 11.8 Å². The van der Waals surface area contributed by atoms with E-state index >= 15 is 0 Å². The van der Waals surface area contributed by atoms with E-state index in [1.54, 1.807) is 36.4 Å². The van der Waals surface area contributed by atoms with Crippen LogP contribution in [0.5, 0.6) is 11.5 Å². The Bertz CT molecular complexity index is 812. The lowest BCUT2D eigenvalue weighted by Gasteiger charge is -2.11. The molecule has 0 radical (unpaired) electrons. The normalized spacial score (nSPS) is 10.2. The topological polar surface area (TPSA) is 76.7 Å². The fourth-order valence-electron chi connectivity index (χ4n) is 2.20. The van der Waals surface area contributed by atoms with Crippen LogP contribution in [-0.2, 0) is 16.0 Å². The number of hydrogen-bond donors (Lipinski definition) is 2. The molecule has 0 saturated heterocycles. The largest absolute Gasteiger partial charge is 0.497 e. The second-order valence-corrected chi connectivity index (χ2v) is 6.11. The van der Waals surface area contributed by atoms with Crippen LogP contribution < -0.4 is 20.1 Å². The molecule has 0 aromatic heterocycles. The highest BCUT2D eigenvalue weighted by Gasteiger charge is 2.16. The van der Waals surface area contributed by atoms with Crippen molar-refractivity contribution >= 4 is 40.7 Å². The Morgan fingerprint density at radius 2 is 1.77 bits per heavy atom. The smallest absolute Gasteiger partial charge is 0.313 e. The van der Waals surface area contributed by atoms with Crippen LogP contribution in [0.25, 0.3) is 0 Å². The third-order valence-corrected chi connectivity index (χ3v) is 4.15. The van der Waals surface area contributed by atoms with Crippen LogP contribution in [0.4, 0.5) is 5.69 Å². The fourth-order valence-corrected chi connectivity index (χ4v) is 2.70. The molecule has 0 atom stereocenters. The van der Waals surface area contributed by atoms with E-state index in [0.29, 0.717) is 33.7 Å². The number of methoxy groups -OCH3 is 2. The number of carbonyl (C=O) groups excluding carboxylic acids is 2. The van der Waals surface area contributed by atoms with Crippen molar-refractivity contribution in [2.45, 2.75) is 6.42 Å². The van der Waals surface area contributed by atoms with Gasteiger partial charge in [0.2, 0.25) is 0 Å². The van der Waals surface area contributed by atoms with Crippen molar-refractivity contribution in [3.63, 3.8) is 0 Å². The van der Waals surface area contributed by atoms with Crippen molar-refractivity contribution < 1.29 is 19.1 Å². The van der Waals surface area contributed by atoms with E-state index in [1.807, 2.05) is 0 Å². The Morgan fingerprint density at radius 3 is 2.42 bits per heavy atom. The van der Waals surface area contributed by atoms with Gasteiger partial charge < -0.3 is 20.1 Å². The predicted octanol–water partition coefficient (Wildman–Crippen LogP) is 3.31. The van der Waals surface area contributed by atoms with Crippen molar-refractivity contribution in [2.75, 3.05) is 26.1 Å². The lowest BCUT2D eigenvalue weighted by molar-refractivity contribution is -0.136. The lowest BCUT2D eigenvalue weighted by atomic mass is 10.1. The molecule has 0 fully saturated rings. The van der Waals surface area contributed by atoms with E-state index in [2.05, 4.69) is 10.6 Å². The first-order valence-electron chi connectivity index (χ1n) is 7.69. The van der Waals surface area contributed by atoms with Gasteiger partial charge in [0.1, 0.15) is 11.5 Å². The first-order valence-corrected chi connectivity index (χ1v) is 8.45. The van der Waals surface area contributed by atoms with Gasteiger partial charge in [0.05, 0.1) is 19.9 Å². The molecular weight excluding hydrogens is 379 g/mol. The quantitative estimate of drug-likeness (QED) is 0.734. The van der Waals surface area contributed by atoms with Crippen molar-refractivity contribution in [2.24, 2.45) is 0 Å². The van der Waals surface area contributed by atoms with E-state index in [0.717, 1.165) is 5.56 Å². The number of ether oxygens (including phenoxy) is 2. The van der Waals surface area contributed by atoms with Crippen molar-refractivity contribution in [1.82, 2.24) is 5.32 Å². The summed E-state index contributed by atoms with van der Waals surface area (Å²) < 4.78 is 10.3. The van der Waals surface area contributed by atoms with Gasteiger partial charge in [-0.1, -0.05) is 29.3 Å². The molecule has 2 N–H and O–H groups in total. The van der Waals surface area contributed by atoms with Crippen LogP contribution >= 0.6 is 23.2 Å². The van der Waals surface area contributed by atoms with Gasteiger partial charge in [0.25, 0.3) is 0 Å². The average molecular weight is 397 g/mol. The molecule has 0 aliphatic rings. The monoisotopic (exact) mass is 396 g/mol. The zero-order valence-corrected chi connectivity index (χ0v) is 15.8. The van der Waals surface area contributed by atoms with Crippen LogP contribution in [0.2, 0.25) is 10.0 Å². The third kappa shape index (κ3) is 5.28. The maximum atomic E-state index is 12.0. The van der Waals surface area contributed by atoms with Crippen molar-refractivity contribution in [1.29, 1.82) is 0 Å². The summed E-state index contributed by atoms with van der Waals surface area (Å²) in [7, 11) is 2.98. The highest BCUT2D eigenvalue weighted by molar-refractivity contribution is 6.39. The number of halogens is 2. The van der Waals surface area contributed by atoms with Gasteiger partial charge in [0, 0.05) is 22.7 Å². The minimum absolute atomic E-state index is 0.257. The fraction of sp³-hybridized carbons (Fsp3) is 0.222. The Kier molecular flexibility index (Phi) is 7.12. The van der Waals surface area contributed by atoms with Gasteiger partial charge in [-0.3, -0.25) is 9.59 Å². The Labute approximate surface area is 161 Å². The number of rotatable bonds is 6. The molecule has 26 heavy (non-hydrogen) atoms. The van der Waals surface area contributed by atoms with E-state index in [-0.39, 0.29) is 6.54 Å². The number of carbonyl (C=O) groups is 2. The Balaban J connectivity index is 1.90. The van der Waals surface area contributed by atoms with Crippen LogP contribution in [0, 0.1) is 0 Å². The first-order chi connectivity index (χ1) is 12.4. The molecule has 138 valence electrons.